The first kappa shape index (κ1) is 22.0. The van der Waals surface area contributed by atoms with Crippen molar-refractivity contribution in [3.63, 3.8) is 0 Å². The molecule has 7 heteroatoms. The Kier molecular flexibility index (Phi) is 6.55. The summed E-state index contributed by atoms with van der Waals surface area (Å²) >= 11 is 0. The molecule has 7 nitrogen and oxygen atoms in total. The topological polar surface area (TPSA) is 73.7 Å². The highest BCUT2D eigenvalue weighted by molar-refractivity contribution is 5.81. The quantitative estimate of drug-likeness (QED) is 0.539. The minimum Gasteiger partial charge on any atom is -0.495 e. The van der Waals surface area contributed by atoms with E-state index < -0.39 is 6.04 Å². The number of fused-ring (bicyclic) bond motifs is 1. The van der Waals surface area contributed by atoms with Crippen LogP contribution in [0.25, 0.3) is 16.6 Å². The van der Waals surface area contributed by atoms with Crippen LogP contribution < -0.4 is 10.3 Å². The number of hydrogen-bond acceptors (Lipinski definition) is 5. The normalized spacial score (nSPS) is 14.7. The monoisotopic (exact) mass is 435 g/mol. The van der Waals surface area contributed by atoms with Gasteiger partial charge in [-0.25, -0.2) is 4.98 Å². The molecule has 3 aromatic rings. The largest absolute Gasteiger partial charge is 0.495 e. The molecule has 1 unspecified atom stereocenters. The van der Waals surface area contributed by atoms with E-state index in [1.807, 2.05) is 49.4 Å². The number of carbonyl (C=O) groups is 1. The summed E-state index contributed by atoms with van der Waals surface area (Å²) in [5.41, 5.74) is 1.01. The van der Waals surface area contributed by atoms with Gasteiger partial charge < -0.3 is 14.4 Å². The molecule has 4 rings (SSSR count). The molecule has 1 aliphatic carbocycles. The average molecular weight is 436 g/mol. The van der Waals surface area contributed by atoms with Crippen molar-refractivity contribution >= 4 is 16.8 Å². The first-order valence-electron chi connectivity index (χ1n) is 11.0. The number of hydrogen-bond donors (Lipinski definition) is 0. The zero-order chi connectivity index (χ0) is 22.7. The third kappa shape index (κ3) is 4.00. The van der Waals surface area contributed by atoms with Crippen LogP contribution in [-0.2, 0) is 9.53 Å². The average Bonchev–Trinajstić information content (AvgIpc) is 2.78. The summed E-state index contributed by atoms with van der Waals surface area (Å²) in [6, 6.07) is 14.2. The fraction of sp³-hybridized carbons (Fsp3) is 0.400. The number of methoxy groups -OCH3 is 2. The van der Waals surface area contributed by atoms with Crippen LogP contribution in [-0.4, -0.2) is 47.7 Å². The Labute approximate surface area is 187 Å². The van der Waals surface area contributed by atoms with Gasteiger partial charge in [-0.15, -0.1) is 0 Å². The number of para-hydroxylation sites is 3. The second-order valence-corrected chi connectivity index (χ2v) is 8.13. The lowest BCUT2D eigenvalue weighted by atomic mass is 9.84. The van der Waals surface area contributed by atoms with Crippen molar-refractivity contribution in [2.45, 2.75) is 32.2 Å². The van der Waals surface area contributed by atoms with Crippen LogP contribution in [0.3, 0.4) is 0 Å². The molecular weight excluding hydrogens is 406 g/mol. The fourth-order valence-corrected chi connectivity index (χ4v) is 4.19. The van der Waals surface area contributed by atoms with Gasteiger partial charge in [-0.2, -0.15) is 0 Å². The number of ether oxygens (including phenoxy) is 2. The van der Waals surface area contributed by atoms with Gasteiger partial charge in [0, 0.05) is 19.6 Å². The number of rotatable bonds is 8. The van der Waals surface area contributed by atoms with Gasteiger partial charge in [0.25, 0.3) is 5.56 Å². The second kappa shape index (κ2) is 9.53. The smallest absolute Gasteiger partial charge is 0.266 e. The third-order valence-corrected chi connectivity index (χ3v) is 6.24. The van der Waals surface area contributed by atoms with E-state index in [1.54, 1.807) is 29.8 Å². The van der Waals surface area contributed by atoms with Crippen LogP contribution in [0.5, 0.6) is 5.75 Å². The number of aromatic nitrogens is 2. The number of amides is 1. The van der Waals surface area contributed by atoms with Gasteiger partial charge in [-0.3, -0.25) is 14.2 Å². The van der Waals surface area contributed by atoms with Crippen LogP contribution in [0.15, 0.2) is 53.3 Å². The molecule has 1 heterocycles. The summed E-state index contributed by atoms with van der Waals surface area (Å²) < 4.78 is 12.4. The maximum Gasteiger partial charge on any atom is 0.266 e. The van der Waals surface area contributed by atoms with Crippen LogP contribution in [0.2, 0.25) is 0 Å². The zero-order valence-electron chi connectivity index (χ0n) is 18.8. The van der Waals surface area contributed by atoms with Crippen molar-refractivity contribution in [3.8, 4) is 11.4 Å². The molecule has 1 saturated carbocycles. The Morgan fingerprint density at radius 3 is 2.56 bits per heavy atom. The Hall–Kier alpha value is -3.19. The first-order chi connectivity index (χ1) is 15.6. The summed E-state index contributed by atoms with van der Waals surface area (Å²) in [6.07, 6.45) is 2.88. The molecule has 0 spiro atoms. The molecule has 168 valence electrons. The summed E-state index contributed by atoms with van der Waals surface area (Å²) in [5, 5.41) is 0.517. The van der Waals surface area contributed by atoms with E-state index in [1.165, 1.54) is 0 Å². The molecule has 1 aromatic heterocycles. The van der Waals surface area contributed by atoms with E-state index in [-0.39, 0.29) is 17.4 Å². The predicted molar refractivity (Wildman–Crippen MR) is 123 cm³/mol. The molecule has 0 N–H and O–H groups in total. The predicted octanol–water partition coefficient (Wildman–Crippen LogP) is 3.73. The standard InChI is InChI=1S/C25H29N3O4/c1-17(27(15-16-31-2)24(29)18-9-8-10-18)23-26-20-12-5-4-11-19(20)25(30)28(23)21-13-6-7-14-22(21)32-3/h4-7,11-14,17-18H,8-10,15-16H2,1-3H3. The molecule has 0 radical (unpaired) electrons. The van der Waals surface area contributed by atoms with Crippen LogP contribution in [0.4, 0.5) is 0 Å². The highest BCUT2D eigenvalue weighted by atomic mass is 16.5. The van der Waals surface area contributed by atoms with Crippen molar-refractivity contribution < 1.29 is 14.3 Å². The number of benzene rings is 2. The van der Waals surface area contributed by atoms with E-state index >= 15 is 0 Å². The first-order valence-corrected chi connectivity index (χ1v) is 11.0. The van der Waals surface area contributed by atoms with Gasteiger partial charge >= 0.3 is 0 Å². The molecule has 0 saturated heterocycles. The van der Waals surface area contributed by atoms with Gasteiger partial charge in [-0.1, -0.05) is 30.7 Å². The van der Waals surface area contributed by atoms with Crippen molar-refractivity contribution in [1.82, 2.24) is 14.5 Å². The van der Waals surface area contributed by atoms with E-state index in [0.29, 0.717) is 41.3 Å². The maximum absolute atomic E-state index is 13.7. The van der Waals surface area contributed by atoms with Gasteiger partial charge in [0.2, 0.25) is 5.91 Å². The van der Waals surface area contributed by atoms with Gasteiger partial charge in [0.1, 0.15) is 11.6 Å². The molecule has 1 fully saturated rings. The van der Waals surface area contributed by atoms with Gasteiger partial charge in [0.05, 0.1) is 36.3 Å². The van der Waals surface area contributed by atoms with Crippen LogP contribution in [0, 0.1) is 5.92 Å². The molecule has 1 aliphatic rings. The Morgan fingerprint density at radius 1 is 1.16 bits per heavy atom. The summed E-state index contributed by atoms with van der Waals surface area (Å²) in [7, 11) is 3.20. The molecule has 1 amide bonds. The van der Waals surface area contributed by atoms with E-state index in [2.05, 4.69) is 0 Å². The van der Waals surface area contributed by atoms with Crippen molar-refractivity contribution in [1.29, 1.82) is 0 Å². The number of carbonyl (C=O) groups excluding carboxylic acids is 1. The highest BCUT2D eigenvalue weighted by Gasteiger charge is 2.34. The van der Waals surface area contributed by atoms with Crippen molar-refractivity contribution in [2.75, 3.05) is 27.4 Å². The Bertz CT molecular complexity index is 1170. The lowest BCUT2D eigenvalue weighted by Crippen LogP contribution is -2.43. The Balaban J connectivity index is 1.91. The van der Waals surface area contributed by atoms with Crippen molar-refractivity contribution in [2.24, 2.45) is 5.92 Å². The molecule has 2 aromatic carbocycles. The molecular formula is C25H29N3O4. The van der Waals surface area contributed by atoms with Crippen LogP contribution >= 0.6 is 0 Å². The second-order valence-electron chi connectivity index (χ2n) is 8.13. The lowest BCUT2D eigenvalue weighted by molar-refractivity contribution is -0.141. The van der Waals surface area contributed by atoms with Gasteiger partial charge in [-0.05, 0) is 44.0 Å². The van der Waals surface area contributed by atoms with Gasteiger partial charge in [0.15, 0.2) is 0 Å². The zero-order valence-corrected chi connectivity index (χ0v) is 18.8. The maximum atomic E-state index is 13.7. The third-order valence-electron chi connectivity index (χ3n) is 6.24. The van der Waals surface area contributed by atoms with E-state index in [4.69, 9.17) is 14.5 Å². The summed E-state index contributed by atoms with van der Waals surface area (Å²) in [6.45, 7) is 2.77. The molecule has 0 aliphatic heterocycles. The van der Waals surface area contributed by atoms with E-state index in [0.717, 1.165) is 19.3 Å². The summed E-state index contributed by atoms with van der Waals surface area (Å²) in [4.78, 5) is 33.6. The lowest BCUT2D eigenvalue weighted by Gasteiger charge is -2.36. The minimum atomic E-state index is -0.430. The number of nitrogens with zero attached hydrogens (tertiary/aromatic N) is 3. The van der Waals surface area contributed by atoms with Crippen LogP contribution in [0.1, 0.15) is 38.1 Å². The minimum absolute atomic E-state index is 0.0289. The molecule has 0 bridgehead atoms. The summed E-state index contributed by atoms with van der Waals surface area (Å²) in [5.74, 6) is 1.19. The molecule has 1 atom stereocenters. The fourth-order valence-electron chi connectivity index (χ4n) is 4.19. The Morgan fingerprint density at radius 2 is 1.88 bits per heavy atom. The SMILES string of the molecule is COCCN(C(=O)C1CCC1)C(C)c1nc2ccccc2c(=O)n1-c1ccccc1OC. The van der Waals surface area contributed by atoms with Crippen molar-refractivity contribution in [3.05, 3.63) is 64.7 Å². The highest BCUT2D eigenvalue weighted by Crippen LogP contribution is 2.32. The molecule has 32 heavy (non-hydrogen) atoms. The van der Waals surface area contributed by atoms with E-state index in [9.17, 15) is 9.59 Å².